The Morgan fingerprint density at radius 3 is 2.69 bits per heavy atom. The Bertz CT molecular complexity index is 140. The molecule has 3 N–H and O–H groups in total. The second kappa shape index (κ2) is 8.38. The molecular formula is C9H19NO2S. The number of carboxylic acid groups (broad SMARTS) is 1. The highest BCUT2D eigenvalue weighted by Crippen LogP contribution is 2.08. The number of hydrogen-bond donors (Lipinski definition) is 2. The van der Waals surface area contributed by atoms with Gasteiger partial charge in [0.1, 0.15) is 0 Å². The molecule has 0 aromatic rings. The van der Waals surface area contributed by atoms with Crippen molar-refractivity contribution in [2.24, 2.45) is 5.73 Å². The van der Waals surface area contributed by atoms with Gasteiger partial charge in [-0.05, 0) is 25.5 Å². The van der Waals surface area contributed by atoms with Crippen LogP contribution in [0.3, 0.4) is 0 Å². The number of carbonyl (C=O) groups is 1. The first kappa shape index (κ1) is 12.8. The van der Waals surface area contributed by atoms with Gasteiger partial charge in [-0.2, -0.15) is 11.8 Å². The molecule has 0 aliphatic rings. The maximum absolute atomic E-state index is 10.2. The minimum atomic E-state index is -0.691. The van der Waals surface area contributed by atoms with E-state index in [9.17, 15) is 4.79 Å². The lowest BCUT2D eigenvalue weighted by molar-refractivity contribution is -0.137. The van der Waals surface area contributed by atoms with Crippen LogP contribution in [0.2, 0.25) is 0 Å². The average Bonchev–Trinajstić information content (AvgIpc) is 2.01. The lowest BCUT2D eigenvalue weighted by atomic mass is 10.2. The molecule has 0 amide bonds. The van der Waals surface area contributed by atoms with Gasteiger partial charge >= 0.3 is 5.97 Å². The van der Waals surface area contributed by atoms with Crippen molar-refractivity contribution in [2.45, 2.75) is 38.6 Å². The number of hydrogen-bond acceptors (Lipinski definition) is 3. The van der Waals surface area contributed by atoms with Crippen LogP contribution in [-0.4, -0.2) is 28.6 Å². The van der Waals surface area contributed by atoms with Crippen LogP contribution in [0.5, 0.6) is 0 Å². The zero-order chi connectivity index (χ0) is 10.1. The molecule has 0 radical (unpaired) electrons. The Morgan fingerprint density at radius 1 is 1.46 bits per heavy atom. The third-order valence-electron chi connectivity index (χ3n) is 1.56. The molecule has 0 rings (SSSR count). The molecular weight excluding hydrogens is 186 g/mol. The molecule has 0 saturated carbocycles. The zero-order valence-corrected chi connectivity index (χ0v) is 8.98. The van der Waals surface area contributed by atoms with Gasteiger partial charge in [-0.3, -0.25) is 4.79 Å². The van der Waals surface area contributed by atoms with Crippen molar-refractivity contribution in [2.75, 3.05) is 11.5 Å². The van der Waals surface area contributed by atoms with E-state index in [2.05, 4.69) is 0 Å². The van der Waals surface area contributed by atoms with Crippen LogP contribution in [0.4, 0.5) is 0 Å². The topological polar surface area (TPSA) is 63.3 Å². The molecule has 13 heavy (non-hydrogen) atoms. The third-order valence-corrected chi connectivity index (χ3v) is 2.90. The largest absolute Gasteiger partial charge is 0.481 e. The van der Waals surface area contributed by atoms with Gasteiger partial charge in [0.05, 0.1) is 0 Å². The van der Waals surface area contributed by atoms with Crippen LogP contribution in [-0.2, 0) is 4.79 Å². The molecule has 0 aromatic carbocycles. The van der Waals surface area contributed by atoms with E-state index in [1.54, 1.807) is 0 Å². The number of rotatable bonds is 8. The zero-order valence-electron chi connectivity index (χ0n) is 8.16. The monoisotopic (exact) mass is 205 g/mol. The standard InChI is InChI=1S/C9H19NO2S/c1-8(10)7-13-6-4-2-3-5-9(11)12/h8H,2-7,10H2,1H3,(H,11,12). The van der Waals surface area contributed by atoms with Crippen molar-refractivity contribution in [3.8, 4) is 0 Å². The maximum Gasteiger partial charge on any atom is 0.303 e. The van der Waals surface area contributed by atoms with E-state index in [1.807, 2.05) is 18.7 Å². The molecule has 4 heteroatoms. The Labute approximate surface area is 84.1 Å². The van der Waals surface area contributed by atoms with E-state index in [-0.39, 0.29) is 6.04 Å². The molecule has 78 valence electrons. The van der Waals surface area contributed by atoms with E-state index in [1.165, 1.54) is 0 Å². The fraction of sp³-hybridized carbons (Fsp3) is 0.889. The molecule has 0 bridgehead atoms. The second-order valence-corrected chi connectivity index (χ2v) is 4.41. The van der Waals surface area contributed by atoms with Gasteiger partial charge in [0, 0.05) is 18.2 Å². The quantitative estimate of drug-likeness (QED) is 0.592. The first-order valence-electron chi connectivity index (χ1n) is 4.68. The summed E-state index contributed by atoms with van der Waals surface area (Å²) in [5.41, 5.74) is 5.57. The number of nitrogens with two attached hydrogens (primary N) is 1. The van der Waals surface area contributed by atoms with Crippen molar-refractivity contribution >= 4 is 17.7 Å². The number of aliphatic carboxylic acids is 1. The van der Waals surface area contributed by atoms with Gasteiger partial charge in [0.2, 0.25) is 0 Å². The molecule has 0 spiro atoms. The molecule has 0 aliphatic carbocycles. The molecule has 0 aliphatic heterocycles. The molecule has 0 heterocycles. The van der Waals surface area contributed by atoms with E-state index >= 15 is 0 Å². The van der Waals surface area contributed by atoms with Gasteiger partial charge < -0.3 is 10.8 Å². The van der Waals surface area contributed by atoms with Crippen LogP contribution in [0, 0.1) is 0 Å². The van der Waals surface area contributed by atoms with Crippen molar-refractivity contribution in [1.82, 2.24) is 0 Å². The minimum absolute atomic E-state index is 0.268. The summed E-state index contributed by atoms with van der Waals surface area (Å²) >= 11 is 1.85. The Balaban J connectivity index is 2.96. The summed E-state index contributed by atoms with van der Waals surface area (Å²) in [6, 6.07) is 0.268. The smallest absolute Gasteiger partial charge is 0.303 e. The molecule has 1 unspecified atom stereocenters. The molecule has 3 nitrogen and oxygen atoms in total. The summed E-state index contributed by atoms with van der Waals surface area (Å²) in [6.07, 6.45) is 3.22. The lowest BCUT2D eigenvalue weighted by Crippen LogP contribution is -2.17. The molecule has 1 atom stereocenters. The lowest BCUT2D eigenvalue weighted by Gasteiger charge is -2.03. The summed E-state index contributed by atoms with van der Waals surface area (Å²) in [7, 11) is 0. The van der Waals surface area contributed by atoms with E-state index < -0.39 is 5.97 Å². The predicted octanol–water partition coefficient (Wildman–Crippen LogP) is 1.71. The fourth-order valence-corrected chi connectivity index (χ4v) is 1.87. The number of carboxylic acids is 1. The van der Waals surface area contributed by atoms with Crippen LogP contribution < -0.4 is 5.73 Å². The molecule has 0 saturated heterocycles. The average molecular weight is 205 g/mol. The van der Waals surface area contributed by atoms with Gasteiger partial charge in [-0.25, -0.2) is 0 Å². The highest BCUT2D eigenvalue weighted by Gasteiger charge is 1.97. The van der Waals surface area contributed by atoms with E-state index in [4.69, 9.17) is 10.8 Å². The first-order valence-corrected chi connectivity index (χ1v) is 5.83. The Hall–Kier alpha value is -0.220. The van der Waals surface area contributed by atoms with Crippen LogP contribution >= 0.6 is 11.8 Å². The highest BCUT2D eigenvalue weighted by atomic mass is 32.2. The van der Waals surface area contributed by atoms with Crippen molar-refractivity contribution < 1.29 is 9.90 Å². The molecule has 0 aromatic heterocycles. The summed E-state index contributed by atoms with van der Waals surface area (Å²) in [5, 5.41) is 8.37. The van der Waals surface area contributed by atoms with Crippen molar-refractivity contribution in [3.63, 3.8) is 0 Å². The van der Waals surface area contributed by atoms with Gasteiger partial charge in [0.25, 0.3) is 0 Å². The van der Waals surface area contributed by atoms with Gasteiger partial charge in [-0.1, -0.05) is 6.42 Å². The van der Waals surface area contributed by atoms with Crippen LogP contribution in [0.25, 0.3) is 0 Å². The van der Waals surface area contributed by atoms with Gasteiger partial charge in [-0.15, -0.1) is 0 Å². The van der Waals surface area contributed by atoms with E-state index in [0.29, 0.717) is 6.42 Å². The third kappa shape index (κ3) is 11.8. The SMILES string of the molecule is CC(N)CSCCCCCC(=O)O. The summed E-state index contributed by atoms with van der Waals surface area (Å²) in [5.74, 6) is 1.41. The normalized spacial score (nSPS) is 12.8. The number of unbranched alkanes of at least 4 members (excludes halogenated alkanes) is 2. The fourth-order valence-electron chi connectivity index (χ4n) is 0.926. The summed E-state index contributed by atoms with van der Waals surface area (Å²) in [6.45, 7) is 2.00. The predicted molar refractivity (Wildman–Crippen MR) is 57.1 cm³/mol. The van der Waals surface area contributed by atoms with Crippen LogP contribution in [0.1, 0.15) is 32.6 Å². The van der Waals surface area contributed by atoms with E-state index in [0.717, 1.165) is 30.8 Å². The second-order valence-electron chi connectivity index (χ2n) is 3.26. The summed E-state index contributed by atoms with van der Waals surface area (Å²) < 4.78 is 0. The van der Waals surface area contributed by atoms with Crippen molar-refractivity contribution in [1.29, 1.82) is 0 Å². The first-order chi connectivity index (χ1) is 6.13. The molecule has 0 fully saturated rings. The minimum Gasteiger partial charge on any atom is -0.481 e. The van der Waals surface area contributed by atoms with Gasteiger partial charge in [0.15, 0.2) is 0 Å². The Kier molecular flexibility index (Phi) is 8.24. The summed E-state index contributed by atoms with van der Waals surface area (Å²) in [4.78, 5) is 10.2. The highest BCUT2D eigenvalue weighted by molar-refractivity contribution is 7.99. The van der Waals surface area contributed by atoms with Crippen LogP contribution in [0.15, 0.2) is 0 Å². The maximum atomic E-state index is 10.2. The Morgan fingerprint density at radius 2 is 2.15 bits per heavy atom. The van der Waals surface area contributed by atoms with Crippen molar-refractivity contribution in [3.05, 3.63) is 0 Å². The number of thioether (sulfide) groups is 1.